The first kappa shape index (κ1) is 20.8. The van der Waals surface area contributed by atoms with Crippen LogP contribution >= 0.6 is 0 Å². The van der Waals surface area contributed by atoms with Crippen molar-refractivity contribution in [3.05, 3.63) is 53.8 Å². The number of hydrogen-bond donors (Lipinski definition) is 1. The fourth-order valence-electron chi connectivity index (χ4n) is 4.03. The van der Waals surface area contributed by atoms with Crippen LogP contribution in [0.2, 0.25) is 0 Å². The second-order valence-electron chi connectivity index (χ2n) is 7.91. The van der Waals surface area contributed by atoms with Crippen LogP contribution in [0.25, 0.3) is 0 Å². The number of hydrogen-bond acceptors (Lipinski definition) is 6. The molecule has 2 aliphatic heterocycles. The Balaban J connectivity index is 1.28. The number of piperidine rings is 1. The van der Waals surface area contributed by atoms with Crippen molar-refractivity contribution >= 4 is 21.8 Å². The summed E-state index contributed by atoms with van der Waals surface area (Å²) >= 11 is 0. The van der Waals surface area contributed by atoms with E-state index in [4.69, 9.17) is 4.74 Å². The Kier molecular flexibility index (Phi) is 6.06. The highest BCUT2D eigenvalue weighted by molar-refractivity contribution is 7.91. The summed E-state index contributed by atoms with van der Waals surface area (Å²) in [6.07, 6.45) is 2.80. The van der Waals surface area contributed by atoms with Gasteiger partial charge in [0.25, 0.3) is 0 Å². The van der Waals surface area contributed by atoms with Crippen molar-refractivity contribution < 1.29 is 22.3 Å². The topological polar surface area (TPSA) is 75.7 Å². The average molecular weight is 433 g/mol. The van der Waals surface area contributed by atoms with Crippen molar-refractivity contribution in [2.45, 2.75) is 30.4 Å². The first-order valence-electron chi connectivity index (χ1n) is 10.1. The zero-order valence-corrected chi connectivity index (χ0v) is 17.4. The van der Waals surface area contributed by atoms with E-state index in [1.165, 1.54) is 18.2 Å². The molecule has 6 nitrogen and oxygen atoms in total. The Morgan fingerprint density at radius 3 is 2.57 bits per heavy atom. The van der Waals surface area contributed by atoms with Gasteiger partial charge in [-0.2, -0.15) is 0 Å². The largest absolute Gasteiger partial charge is 0.461 e. The maximum atomic E-state index is 13.0. The van der Waals surface area contributed by atoms with Gasteiger partial charge in [-0.15, -0.1) is 0 Å². The number of halogens is 1. The molecule has 8 heteroatoms. The first-order chi connectivity index (χ1) is 14.4. The van der Waals surface area contributed by atoms with Gasteiger partial charge in [0.05, 0.1) is 16.3 Å². The lowest BCUT2D eigenvalue weighted by atomic mass is 9.90. The number of benzene rings is 2. The summed E-state index contributed by atoms with van der Waals surface area (Å²) in [5.74, 6) is 0.744. The number of anilines is 1. The summed E-state index contributed by atoms with van der Waals surface area (Å²) in [5.41, 5.74) is 1.76. The molecule has 0 saturated carbocycles. The SMILES string of the molecule is O=CC1Nc2ccc(S(=O)(=O)CCN3CCC(Cc4ccc(F)cc4)CC3)cc2O1. The van der Waals surface area contributed by atoms with Crippen LogP contribution in [-0.4, -0.2) is 51.2 Å². The molecule has 1 atom stereocenters. The summed E-state index contributed by atoms with van der Waals surface area (Å²) in [6.45, 7) is 2.21. The molecule has 0 amide bonds. The molecule has 0 bridgehead atoms. The fraction of sp³-hybridized carbons (Fsp3) is 0.409. The van der Waals surface area contributed by atoms with Gasteiger partial charge in [-0.05, 0) is 68.1 Å². The molecule has 1 unspecified atom stereocenters. The van der Waals surface area contributed by atoms with Crippen LogP contribution < -0.4 is 10.1 Å². The van der Waals surface area contributed by atoms with E-state index < -0.39 is 16.1 Å². The zero-order chi connectivity index (χ0) is 21.1. The van der Waals surface area contributed by atoms with Gasteiger partial charge >= 0.3 is 0 Å². The van der Waals surface area contributed by atoms with E-state index in [9.17, 15) is 17.6 Å². The Bertz CT molecular complexity index is 1000. The van der Waals surface area contributed by atoms with Crippen molar-refractivity contribution in [3.8, 4) is 5.75 Å². The van der Waals surface area contributed by atoms with Crippen LogP contribution in [0.1, 0.15) is 18.4 Å². The zero-order valence-electron chi connectivity index (χ0n) is 16.6. The molecule has 2 aliphatic rings. The monoisotopic (exact) mass is 432 g/mol. The van der Waals surface area contributed by atoms with E-state index in [2.05, 4.69) is 10.2 Å². The third-order valence-corrected chi connectivity index (χ3v) is 7.50. The van der Waals surface area contributed by atoms with E-state index >= 15 is 0 Å². The molecule has 2 aromatic rings. The summed E-state index contributed by atoms with van der Waals surface area (Å²) in [6, 6.07) is 11.3. The number of ether oxygens (including phenoxy) is 1. The van der Waals surface area contributed by atoms with Crippen LogP contribution in [0.5, 0.6) is 5.75 Å². The lowest BCUT2D eigenvalue weighted by molar-refractivity contribution is -0.112. The Hall–Kier alpha value is -2.45. The molecule has 0 aromatic heterocycles. The molecule has 0 aliphatic carbocycles. The highest BCUT2D eigenvalue weighted by atomic mass is 32.2. The number of fused-ring (bicyclic) bond motifs is 1. The number of carbonyl (C=O) groups is 1. The van der Waals surface area contributed by atoms with Crippen LogP contribution in [-0.2, 0) is 21.1 Å². The van der Waals surface area contributed by atoms with Crippen LogP contribution in [0.4, 0.5) is 10.1 Å². The van der Waals surface area contributed by atoms with Gasteiger partial charge in [0.2, 0.25) is 6.23 Å². The molecule has 160 valence electrons. The maximum absolute atomic E-state index is 13.0. The van der Waals surface area contributed by atoms with Crippen molar-refractivity contribution in [1.29, 1.82) is 0 Å². The highest BCUT2D eigenvalue weighted by Crippen LogP contribution is 2.33. The fourth-order valence-corrected chi connectivity index (χ4v) is 5.33. The number of nitrogens with one attached hydrogen (secondary N) is 1. The number of carbonyl (C=O) groups excluding carboxylic acids is 1. The van der Waals surface area contributed by atoms with E-state index in [1.54, 1.807) is 12.1 Å². The van der Waals surface area contributed by atoms with Gasteiger partial charge in [0.1, 0.15) is 11.6 Å². The van der Waals surface area contributed by atoms with Crippen LogP contribution in [0.3, 0.4) is 0 Å². The van der Waals surface area contributed by atoms with Crippen molar-refractivity contribution in [3.63, 3.8) is 0 Å². The smallest absolute Gasteiger partial charge is 0.226 e. The van der Waals surface area contributed by atoms with E-state index in [0.717, 1.165) is 37.9 Å². The second kappa shape index (κ2) is 8.73. The number of sulfone groups is 1. The lowest BCUT2D eigenvalue weighted by Gasteiger charge is -2.32. The minimum atomic E-state index is -3.44. The summed E-state index contributed by atoms with van der Waals surface area (Å²) in [5, 5.41) is 2.86. The standard InChI is InChI=1S/C22H25FN2O4S/c23-18-3-1-16(2-4-18)13-17-7-9-25(10-8-17)11-12-30(27,28)19-5-6-20-21(14-19)29-22(15-26)24-20/h1-6,14-15,17,22,24H,7-13H2. The third-order valence-electron chi connectivity index (χ3n) is 5.81. The van der Waals surface area contributed by atoms with Crippen LogP contribution in [0.15, 0.2) is 47.4 Å². The number of rotatable bonds is 7. The van der Waals surface area contributed by atoms with E-state index in [1.807, 2.05) is 12.1 Å². The maximum Gasteiger partial charge on any atom is 0.226 e. The molecular formula is C22H25FN2O4S. The minimum absolute atomic E-state index is 0.0406. The van der Waals surface area contributed by atoms with Gasteiger partial charge in [-0.1, -0.05) is 12.1 Å². The highest BCUT2D eigenvalue weighted by Gasteiger charge is 2.26. The summed E-state index contributed by atoms with van der Waals surface area (Å²) in [4.78, 5) is 13.2. The average Bonchev–Trinajstić information content (AvgIpc) is 3.17. The van der Waals surface area contributed by atoms with Gasteiger partial charge in [0, 0.05) is 12.6 Å². The van der Waals surface area contributed by atoms with Gasteiger partial charge in [-0.3, -0.25) is 4.79 Å². The van der Waals surface area contributed by atoms with Crippen LogP contribution in [0, 0.1) is 11.7 Å². The Morgan fingerprint density at radius 2 is 1.87 bits per heavy atom. The predicted molar refractivity (Wildman–Crippen MR) is 112 cm³/mol. The molecule has 30 heavy (non-hydrogen) atoms. The lowest BCUT2D eigenvalue weighted by Crippen LogP contribution is -2.37. The van der Waals surface area contributed by atoms with Gasteiger partial charge in [-0.25, -0.2) is 12.8 Å². The molecule has 1 fully saturated rings. The quantitative estimate of drug-likeness (QED) is 0.678. The van der Waals surface area contributed by atoms with Crippen molar-refractivity contribution in [2.75, 3.05) is 30.7 Å². The molecular weight excluding hydrogens is 407 g/mol. The van der Waals surface area contributed by atoms with Crippen molar-refractivity contribution in [1.82, 2.24) is 4.90 Å². The number of nitrogens with zero attached hydrogens (tertiary/aromatic N) is 1. The number of aldehydes is 1. The molecule has 0 radical (unpaired) electrons. The first-order valence-corrected chi connectivity index (χ1v) is 11.8. The summed E-state index contributed by atoms with van der Waals surface area (Å²) < 4.78 is 43.9. The number of likely N-dealkylation sites (tertiary alicyclic amines) is 1. The molecule has 4 rings (SSSR count). The van der Waals surface area contributed by atoms with E-state index in [0.29, 0.717) is 30.2 Å². The van der Waals surface area contributed by atoms with E-state index in [-0.39, 0.29) is 16.5 Å². The second-order valence-corrected chi connectivity index (χ2v) is 10.0. The summed E-state index contributed by atoms with van der Waals surface area (Å²) in [7, 11) is -3.44. The molecule has 2 heterocycles. The minimum Gasteiger partial charge on any atom is -0.461 e. The molecule has 0 spiro atoms. The third kappa shape index (κ3) is 4.82. The van der Waals surface area contributed by atoms with Gasteiger partial charge in [0.15, 0.2) is 16.1 Å². The normalized spacial score (nSPS) is 19.7. The Labute approximate surface area is 176 Å². The predicted octanol–water partition coefficient (Wildman–Crippen LogP) is 2.88. The molecule has 2 aromatic carbocycles. The Morgan fingerprint density at radius 1 is 1.13 bits per heavy atom. The molecule has 1 saturated heterocycles. The van der Waals surface area contributed by atoms with Gasteiger partial charge < -0.3 is 15.0 Å². The van der Waals surface area contributed by atoms with Crippen molar-refractivity contribution in [2.24, 2.45) is 5.92 Å². The molecule has 1 N–H and O–H groups in total.